The van der Waals surface area contributed by atoms with Crippen molar-refractivity contribution in [2.45, 2.75) is 25.2 Å². The maximum atomic E-state index is 6.02. The van der Waals surface area contributed by atoms with Gasteiger partial charge in [0.2, 0.25) is 0 Å². The minimum Gasteiger partial charge on any atom is -0.491 e. The van der Waals surface area contributed by atoms with E-state index in [4.69, 9.17) is 22.1 Å². The molecule has 7 heteroatoms. The second-order valence-corrected chi connectivity index (χ2v) is 5.44. The summed E-state index contributed by atoms with van der Waals surface area (Å²) in [5, 5.41) is 9.69. The molecule has 0 atom stereocenters. The van der Waals surface area contributed by atoms with E-state index >= 15 is 0 Å². The van der Waals surface area contributed by atoms with Crippen LogP contribution in [0.15, 0.2) is 29.4 Å². The number of aromatic nitrogens is 3. The molecule has 0 spiro atoms. The van der Waals surface area contributed by atoms with Crippen LogP contribution in [0.4, 0.5) is 0 Å². The third kappa shape index (κ3) is 3.65. The third-order valence-electron chi connectivity index (χ3n) is 2.70. The summed E-state index contributed by atoms with van der Waals surface area (Å²) in [5.74, 6) is 2.28. The highest BCUT2D eigenvalue weighted by atomic mass is 35.5. The number of para-hydroxylation sites is 1. The first-order valence-corrected chi connectivity index (χ1v) is 7.75. The first-order chi connectivity index (χ1) is 9.76. The lowest BCUT2D eigenvalue weighted by Gasteiger charge is -2.08. The molecule has 0 fully saturated rings. The number of hydrogen-bond donors (Lipinski definition) is 1. The Balaban J connectivity index is 1.85. The number of nitrogens with zero attached hydrogens (tertiary/aromatic N) is 3. The lowest BCUT2D eigenvalue weighted by atomic mass is 10.3. The molecular weight excluding hydrogens is 296 g/mol. The summed E-state index contributed by atoms with van der Waals surface area (Å²) < 4.78 is 7.64. The topological polar surface area (TPSA) is 66.0 Å². The highest BCUT2D eigenvalue weighted by molar-refractivity contribution is 7.99. The molecular formula is C13H17ClN4OS. The number of benzene rings is 1. The minimum absolute atomic E-state index is 0.400. The quantitative estimate of drug-likeness (QED) is 0.629. The fraction of sp³-hybridized carbons (Fsp3) is 0.385. The number of hydrogen-bond acceptors (Lipinski definition) is 5. The van der Waals surface area contributed by atoms with Gasteiger partial charge in [-0.15, -0.1) is 10.2 Å². The van der Waals surface area contributed by atoms with E-state index in [9.17, 15) is 0 Å². The molecule has 20 heavy (non-hydrogen) atoms. The van der Waals surface area contributed by atoms with Crippen LogP contribution in [-0.2, 0) is 13.1 Å². The van der Waals surface area contributed by atoms with E-state index in [1.54, 1.807) is 11.8 Å². The second-order valence-electron chi connectivity index (χ2n) is 3.97. The predicted octanol–water partition coefficient (Wildman–Crippen LogP) is 2.58. The lowest BCUT2D eigenvalue weighted by Crippen LogP contribution is -2.08. The van der Waals surface area contributed by atoms with Gasteiger partial charge in [0.15, 0.2) is 5.16 Å². The van der Waals surface area contributed by atoms with E-state index in [-0.39, 0.29) is 0 Å². The molecule has 0 unspecified atom stereocenters. The standard InChI is InChI=1S/C13H17ClN4OS/c1-2-18-12(9-15)16-17-13(18)20-8-7-19-11-6-4-3-5-10(11)14/h3-6H,2,7-9,15H2,1H3. The average molecular weight is 313 g/mol. The van der Waals surface area contributed by atoms with Gasteiger partial charge >= 0.3 is 0 Å². The van der Waals surface area contributed by atoms with E-state index in [0.29, 0.717) is 23.9 Å². The maximum absolute atomic E-state index is 6.02. The van der Waals surface area contributed by atoms with E-state index in [1.165, 1.54) is 0 Å². The molecule has 1 heterocycles. The van der Waals surface area contributed by atoms with Crippen molar-refractivity contribution in [3.05, 3.63) is 35.1 Å². The fourth-order valence-electron chi connectivity index (χ4n) is 1.74. The van der Waals surface area contributed by atoms with Gasteiger partial charge in [0, 0.05) is 12.3 Å². The van der Waals surface area contributed by atoms with Crippen LogP contribution >= 0.6 is 23.4 Å². The Labute approximate surface area is 127 Å². The normalized spacial score (nSPS) is 10.8. The Morgan fingerprint density at radius 1 is 1.35 bits per heavy atom. The number of nitrogens with two attached hydrogens (primary N) is 1. The highest BCUT2D eigenvalue weighted by Crippen LogP contribution is 2.24. The third-order valence-corrected chi connectivity index (χ3v) is 3.94. The van der Waals surface area contributed by atoms with Crippen LogP contribution in [0.2, 0.25) is 5.02 Å². The van der Waals surface area contributed by atoms with Gasteiger partial charge in [0.1, 0.15) is 11.6 Å². The van der Waals surface area contributed by atoms with Gasteiger partial charge in [0.05, 0.1) is 18.2 Å². The van der Waals surface area contributed by atoms with Crippen LogP contribution in [0.3, 0.4) is 0 Å². The molecule has 0 aliphatic rings. The lowest BCUT2D eigenvalue weighted by molar-refractivity contribution is 0.344. The van der Waals surface area contributed by atoms with Crippen molar-refractivity contribution in [3.8, 4) is 5.75 Å². The summed E-state index contributed by atoms with van der Waals surface area (Å²) in [4.78, 5) is 0. The number of ether oxygens (including phenoxy) is 1. The molecule has 0 radical (unpaired) electrons. The van der Waals surface area contributed by atoms with E-state index in [1.807, 2.05) is 35.8 Å². The van der Waals surface area contributed by atoms with Crippen LogP contribution in [0.25, 0.3) is 0 Å². The molecule has 0 aliphatic carbocycles. The number of rotatable bonds is 7. The van der Waals surface area contributed by atoms with Crippen molar-refractivity contribution >= 4 is 23.4 Å². The summed E-state index contributed by atoms with van der Waals surface area (Å²) in [7, 11) is 0. The van der Waals surface area contributed by atoms with Crippen molar-refractivity contribution in [1.29, 1.82) is 0 Å². The molecule has 0 amide bonds. The molecule has 2 rings (SSSR count). The molecule has 108 valence electrons. The molecule has 0 saturated heterocycles. The fourth-order valence-corrected chi connectivity index (χ4v) is 2.77. The van der Waals surface area contributed by atoms with Gasteiger partial charge < -0.3 is 15.0 Å². The number of thioether (sulfide) groups is 1. The smallest absolute Gasteiger partial charge is 0.191 e. The Bertz CT molecular complexity index is 561. The zero-order valence-electron chi connectivity index (χ0n) is 11.3. The predicted molar refractivity (Wildman–Crippen MR) is 81.3 cm³/mol. The second kappa shape index (κ2) is 7.52. The molecule has 2 aromatic rings. The van der Waals surface area contributed by atoms with E-state index in [2.05, 4.69) is 10.2 Å². The highest BCUT2D eigenvalue weighted by Gasteiger charge is 2.09. The maximum Gasteiger partial charge on any atom is 0.191 e. The Morgan fingerprint density at radius 2 is 2.15 bits per heavy atom. The van der Waals surface area contributed by atoms with Crippen molar-refractivity contribution in [3.63, 3.8) is 0 Å². The van der Waals surface area contributed by atoms with Gasteiger partial charge in [-0.1, -0.05) is 35.5 Å². The monoisotopic (exact) mass is 312 g/mol. The molecule has 0 aliphatic heterocycles. The van der Waals surface area contributed by atoms with E-state index < -0.39 is 0 Å². The zero-order chi connectivity index (χ0) is 14.4. The minimum atomic E-state index is 0.400. The Hall–Kier alpha value is -1.24. The van der Waals surface area contributed by atoms with Crippen LogP contribution in [0.1, 0.15) is 12.7 Å². The zero-order valence-corrected chi connectivity index (χ0v) is 12.8. The SMILES string of the molecule is CCn1c(CN)nnc1SCCOc1ccccc1Cl. The van der Waals surface area contributed by atoms with Crippen LogP contribution in [-0.4, -0.2) is 27.1 Å². The number of halogens is 1. The van der Waals surface area contributed by atoms with Crippen molar-refractivity contribution in [2.75, 3.05) is 12.4 Å². The summed E-state index contributed by atoms with van der Waals surface area (Å²) in [6.07, 6.45) is 0. The first kappa shape index (κ1) is 15.2. The van der Waals surface area contributed by atoms with Crippen molar-refractivity contribution < 1.29 is 4.74 Å². The van der Waals surface area contributed by atoms with Gasteiger partial charge in [-0.05, 0) is 19.1 Å². The van der Waals surface area contributed by atoms with E-state index in [0.717, 1.165) is 23.3 Å². The van der Waals surface area contributed by atoms with Gasteiger partial charge in [-0.25, -0.2) is 0 Å². The summed E-state index contributed by atoms with van der Waals surface area (Å²) in [6, 6.07) is 7.44. The summed E-state index contributed by atoms with van der Waals surface area (Å²) in [5.41, 5.74) is 5.62. The first-order valence-electron chi connectivity index (χ1n) is 6.38. The van der Waals surface area contributed by atoms with Crippen molar-refractivity contribution in [1.82, 2.24) is 14.8 Å². The van der Waals surface area contributed by atoms with Crippen LogP contribution < -0.4 is 10.5 Å². The van der Waals surface area contributed by atoms with Crippen molar-refractivity contribution in [2.24, 2.45) is 5.73 Å². The molecule has 2 N–H and O–H groups in total. The molecule has 0 bridgehead atoms. The molecule has 5 nitrogen and oxygen atoms in total. The van der Waals surface area contributed by atoms with Gasteiger partial charge in [-0.3, -0.25) is 0 Å². The molecule has 0 saturated carbocycles. The molecule has 1 aromatic carbocycles. The Kier molecular flexibility index (Phi) is 5.70. The summed E-state index contributed by atoms with van der Waals surface area (Å²) >= 11 is 7.62. The van der Waals surface area contributed by atoms with Gasteiger partial charge in [0.25, 0.3) is 0 Å². The average Bonchev–Trinajstić information content (AvgIpc) is 2.87. The van der Waals surface area contributed by atoms with Crippen LogP contribution in [0, 0.1) is 0 Å². The largest absolute Gasteiger partial charge is 0.491 e. The molecule has 1 aromatic heterocycles. The van der Waals surface area contributed by atoms with Gasteiger partial charge in [-0.2, -0.15) is 0 Å². The summed E-state index contributed by atoms with van der Waals surface area (Å²) in [6.45, 7) is 3.82. The Morgan fingerprint density at radius 3 is 2.85 bits per heavy atom. The van der Waals surface area contributed by atoms with Crippen LogP contribution in [0.5, 0.6) is 5.75 Å².